The first-order valence-corrected chi connectivity index (χ1v) is 6.25. The Morgan fingerprint density at radius 2 is 1.90 bits per heavy atom. The Morgan fingerprint density at radius 1 is 1.15 bits per heavy atom. The van der Waals surface area contributed by atoms with Gasteiger partial charge in [0.05, 0.1) is 6.04 Å². The van der Waals surface area contributed by atoms with Crippen molar-refractivity contribution >= 4 is 17.3 Å². The summed E-state index contributed by atoms with van der Waals surface area (Å²) in [6, 6.07) is 6.96. The van der Waals surface area contributed by atoms with E-state index in [0.29, 0.717) is 5.69 Å². The number of halogens is 4. The van der Waals surface area contributed by atoms with Crippen LogP contribution in [0, 0.1) is 17.5 Å². The van der Waals surface area contributed by atoms with Gasteiger partial charge < -0.3 is 11.1 Å². The van der Waals surface area contributed by atoms with Crippen molar-refractivity contribution in [1.29, 1.82) is 0 Å². The number of rotatable bonds is 4. The van der Waals surface area contributed by atoms with Crippen molar-refractivity contribution in [2.75, 3.05) is 11.9 Å². The number of nitrogens with two attached hydrogens (primary N) is 1. The Balaban J connectivity index is 2.31. The highest BCUT2D eigenvalue weighted by atomic mass is 35.5. The molecular formula is C14H12ClF3N2. The molecule has 0 saturated heterocycles. The van der Waals surface area contributed by atoms with Gasteiger partial charge in [-0.3, -0.25) is 0 Å². The fraction of sp³-hybridized carbons (Fsp3) is 0.143. The summed E-state index contributed by atoms with van der Waals surface area (Å²) in [6.45, 7) is 0.00844. The third kappa shape index (κ3) is 3.23. The summed E-state index contributed by atoms with van der Waals surface area (Å²) < 4.78 is 40.2. The maximum atomic E-state index is 13.7. The van der Waals surface area contributed by atoms with E-state index in [0.717, 1.165) is 12.1 Å². The summed E-state index contributed by atoms with van der Waals surface area (Å²) in [5, 5.41) is 3.04. The van der Waals surface area contributed by atoms with Crippen LogP contribution < -0.4 is 11.1 Å². The minimum absolute atomic E-state index is 0.00844. The van der Waals surface area contributed by atoms with Gasteiger partial charge in [-0.25, -0.2) is 13.2 Å². The first kappa shape index (κ1) is 14.7. The maximum Gasteiger partial charge on any atom is 0.164 e. The van der Waals surface area contributed by atoms with Gasteiger partial charge in [0.2, 0.25) is 0 Å². The van der Waals surface area contributed by atoms with Gasteiger partial charge in [-0.05, 0) is 24.3 Å². The van der Waals surface area contributed by atoms with Crippen LogP contribution in [0.25, 0.3) is 0 Å². The van der Waals surface area contributed by atoms with E-state index >= 15 is 0 Å². The lowest BCUT2D eigenvalue weighted by Crippen LogP contribution is -2.22. The summed E-state index contributed by atoms with van der Waals surface area (Å²) in [6.07, 6.45) is 0. The lowest BCUT2D eigenvalue weighted by atomic mass is 10.1. The van der Waals surface area contributed by atoms with E-state index < -0.39 is 23.5 Å². The molecule has 0 aromatic heterocycles. The number of hydrogen-bond acceptors (Lipinski definition) is 2. The van der Waals surface area contributed by atoms with Crippen LogP contribution in [0.5, 0.6) is 0 Å². The minimum Gasteiger partial charge on any atom is -0.377 e. The van der Waals surface area contributed by atoms with Crippen molar-refractivity contribution in [3.05, 3.63) is 64.4 Å². The van der Waals surface area contributed by atoms with Crippen LogP contribution in [0.4, 0.5) is 18.9 Å². The fourth-order valence-electron chi connectivity index (χ4n) is 1.89. The average molecular weight is 301 g/mol. The molecule has 2 rings (SSSR count). The molecule has 6 heteroatoms. The van der Waals surface area contributed by atoms with Crippen molar-refractivity contribution in [1.82, 2.24) is 0 Å². The van der Waals surface area contributed by atoms with Gasteiger partial charge in [-0.15, -0.1) is 0 Å². The SMILES string of the molecule is NCC(Nc1cc(F)cc(Cl)c1)c1cccc(F)c1F. The zero-order chi connectivity index (χ0) is 14.7. The largest absolute Gasteiger partial charge is 0.377 e. The Kier molecular flexibility index (Phi) is 4.52. The Hall–Kier alpha value is -1.72. The van der Waals surface area contributed by atoms with Crippen LogP contribution in [-0.4, -0.2) is 6.54 Å². The first-order valence-electron chi connectivity index (χ1n) is 5.88. The summed E-state index contributed by atoms with van der Waals surface area (Å²) in [7, 11) is 0. The highest BCUT2D eigenvalue weighted by Crippen LogP contribution is 2.25. The molecule has 2 aromatic carbocycles. The van der Waals surface area contributed by atoms with E-state index in [4.69, 9.17) is 17.3 Å². The quantitative estimate of drug-likeness (QED) is 0.899. The van der Waals surface area contributed by atoms with E-state index in [1.165, 1.54) is 24.3 Å². The van der Waals surface area contributed by atoms with Gasteiger partial charge in [0, 0.05) is 22.8 Å². The third-order valence-corrected chi connectivity index (χ3v) is 3.01. The summed E-state index contributed by atoms with van der Waals surface area (Å²) in [4.78, 5) is 0. The molecule has 0 aliphatic rings. The van der Waals surface area contributed by atoms with Gasteiger partial charge in [-0.2, -0.15) is 0 Å². The highest BCUT2D eigenvalue weighted by Gasteiger charge is 2.17. The monoisotopic (exact) mass is 300 g/mol. The van der Waals surface area contributed by atoms with Crippen molar-refractivity contribution in [2.45, 2.75) is 6.04 Å². The van der Waals surface area contributed by atoms with Gasteiger partial charge in [0.25, 0.3) is 0 Å². The number of nitrogens with one attached hydrogen (secondary N) is 1. The molecule has 0 bridgehead atoms. The number of anilines is 1. The predicted molar refractivity (Wildman–Crippen MR) is 73.2 cm³/mol. The smallest absolute Gasteiger partial charge is 0.164 e. The second-order valence-electron chi connectivity index (χ2n) is 4.23. The van der Waals surface area contributed by atoms with E-state index in [9.17, 15) is 13.2 Å². The molecule has 2 nitrogen and oxygen atoms in total. The topological polar surface area (TPSA) is 38.0 Å². The molecular weight excluding hydrogens is 289 g/mol. The maximum absolute atomic E-state index is 13.7. The fourth-order valence-corrected chi connectivity index (χ4v) is 2.11. The van der Waals surface area contributed by atoms with Gasteiger partial charge in [0.15, 0.2) is 11.6 Å². The second kappa shape index (κ2) is 6.15. The van der Waals surface area contributed by atoms with Crippen LogP contribution in [0.1, 0.15) is 11.6 Å². The standard InChI is InChI=1S/C14H12ClF3N2/c15-8-4-9(16)6-10(5-8)20-13(7-19)11-2-1-3-12(17)14(11)18/h1-6,13,20H,7,19H2. The molecule has 0 fully saturated rings. The van der Waals surface area contributed by atoms with E-state index in [1.54, 1.807) is 0 Å². The molecule has 1 unspecified atom stereocenters. The van der Waals surface area contributed by atoms with Gasteiger partial charge >= 0.3 is 0 Å². The lowest BCUT2D eigenvalue weighted by molar-refractivity contribution is 0.492. The van der Waals surface area contributed by atoms with Crippen molar-refractivity contribution < 1.29 is 13.2 Å². The molecule has 0 spiro atoms. The van der Waals surface area contributed by atoms with Crippen molar-refractivity contribution in [2.24, 2.45) is 5.73 Å². The number of benzene rings is 2. The van der Waals surface area contributed by atoms with E-state index in [1.807, 2.05) is 0 Å². The molecule has 0 saturated carbocycles. The van der Waals surface area contributed by atoms with Crippen molar-refractivity contribution in [3.63, 3.8) is 0 Å². The third-order valence-electron chi connectivity index (χ3n) is 2.80. The zero-order valence-corrected chi connectivity index (χ0v) is 11.1. The lowest BCUT2D eigenvalue weighted by Gasteiger charge is -2.19. The van der Waals surface area contributed by atoms with Gasteiger partial charge in [0.1, 0.15) is 5.82 Å². The molecule has 0 heterocycles. The molecule has 2 aromatic rings. The number of hydrogen-bond donors (Lipinski definition) is 2. The summed E-state index contributed by atoms with van der Waals surface area (Å²) >= 11 is 5.73. The Labute approximate surface area is 119 Å². The molecule has 1 atom stereocenters. The highest BCUT2D eigenvalue weighted by molar-refractivity contribution is 6.30. The zero-order valence-electron chi connectivity index (χ0n) is 10.3. The van der Waals surface area contributed by atoms with E-state index in [-0.39, 0.29) is 17.1 Å². The normalized spacial score (nSPS) is 12.2. The average Bonchev–Trinajstić information content (AvgIpc) is 2.38. The predicted octanol–water partition coefficient (Wildman–Crippen LogP) is 3.87. The minimum atomic E-state index is -0.974. The van der Waals surface area contributed by atoms with Crippen LogP contribution in [0.15, 0.2) is 36.4 Å². The Morgan fingerprint density at radius 3 is 2.55 bits per heavy atom. The van der Waals surface area contributed by atoms with Crippen LogP contribution in [-0.2, 0) is 0 Å². The molecule has 0 aliphatic heterocycles. The van der Waals surface area contributed by atoms with Gasteiger partial charge in [-0.1, -0.05) is 23.7 Å². The molecule has 0 amide bonds. The summed E-state index contributed by atoms with van der Waals surface area (Å²) in [5.41, 5.74) is 5.99. The molecule has 0 radical (unpaired) electrons. The van der Waals surface area contributed by atoms with E-state index in [2.05, 4.69) is 5.32 Å². The molecule has 20 heavy (non-hydrogen) atoms. The molecule has 106 valence electrons. The van der Waals surface area contributed by atoms with Crippen molar-refractivity contribution in [3.8, 4) is 0 Å². The van der Waals surface area contributed by atoms with Crippen LogP contribution >= 0.6 is 11.6 Å². The molecule has 0 aliphatic carbocycles. The Bertz CT molecular complexity index is 599. The summed E-state index contributed by atoms with van der Waals surface area (Å²) in [5.74, 6) is -2.46. The molecule has 3 N–H and O–H groups in total. The van der Waals surface area contributed by atoms with Crippen LogP contribution in [0.3, 0.4) is 0 Å². The first-order chi connectivity index (χ1) is 9.51. The van der Waals surface area contributed by atoms with Crippen LogP contribution in [0.2, 0.25) is 5.02 Å². The second-order valence-corrected chi connectivity index (χ2v) is 4.67.